The zero-order valence-corrected chi connectivity index (χ0v) is 12.8. The Morgan fingerprint density at radius 3 is 2.59 bits per heavy atom. The van der Waals surface area contributed by atoms with Gasteiger partial charge in [0.25, 0.3) is 5.91 Å². The molecule has 1 aliphatic heterocycles. The second-order valence-electron chi connectivity index (χ2n) is 4.85. The van der Waals surface area contributed by atoms with Crippen LogP contribution in [0.2, 0.25) is 0 Å². The van der Waals surface area contributed by atoms with E-state index in [1.807, 2.05) is 30.3 Å². The summed E-state index contributed by atoms with van der Waals surface area (Å²) in [5.74, 6) is -0.675. The molecule has 4 nitrogen and oxygen atoms in total. The van der Waals surface area contributed by atoms with Crippen LogP contribution in [0.15, 0.2) is 59.8 Å². The molecule has 1 heterocycles. The van der Waals surface area contributed by atoms with Gasteiger partial charge < -0.3 is 9.64 Å². The van der Waals surface area contributed by atoms with E-state index in [0.717, 1.165) is 5.56 Å². The Labute approximate surface area is 130 Å². The lowest BCUT2D eigenvalue weighted by molar-refractivity contribution is -0.138. The van der Waals surface area contributed by atoms with Crippen LogP contribution in [0.3, 0.4) is 0 Å². The van der Waals surface area contributed by atoms with Gasteiger partial charge in [-0.25, -0.2) is 4.79 Å². The number of amides is 1. The zero-order chi connectivity index (χ0) is 16.1. The Kier molecular flexibility index (Phi) is 4.94. The smallest absolute Gasteiger partial charge is 0.340 e. The molecular formula is C18H19NO3. The van der Waals surface area contributed by atoms with E-state index >= 15 is 0 Å². The minimum Gasteiger partial charge on any atom is -0.462 e. The van der Waals surface area contributed by atoms with Crippen LogP contribution in [0.1, 0.15) is 19.4 Å². The first-order chi connectivity index (χ1) is 10.6. The van der Waals surface area contributed by atoms with Crippen molar-refractivity contribution in [3.8, 4) is 0 Å². The predicted octanol–water partition coefficient (Wildman–Crippen LogP) is 2.94. The highest BCUT2D eigenvalue weighted by molar-refractivity contribution is 6.16. The molecule has 1 aromatic rings. The lowest BCUT2D eigenvalue weighted by Gasteiger charge is -2.14. The second-order valence-corrected chi connectivity index (χ2v) is 4.85. The van der Waals surface area contributed by atoms with Crippen molar-refractivity contribution in [1.82, 2.24) is 4.90 Å². The molecule has 114 valence electrons. The van der Waals surface area contributed by atoms with Crippen molar-refractivity contribution >= 4 is 18.0 Å². The molecule has 0 aromatic heterocycles. The van der Waals surface area contributed by atoms with Crippen LogP contribution in [0.5, 0.6) is 0 Å². The van der Waals surface area contributed by atoms with Gasteiger partial charge >= 0.3 is 5.97 Å². The third kappa shape index (κ3) is 3.01. The Bertz CT molecular complexity index is 656. The number of hydrogen-bond donors (Lipinski definition) is 0. The lowest BCUT2D eigenvalue weighted by Crippen LogP contribution is -2.24. The van der Waals surface area contributed by atoms with Gasteiger partial charge in [0.05, 0.1) is 17.8 Å². The van der Waals surface area contributed by atoms with Gasteiger partial charge in [-0.15, -0.1) is 6.58 Å². The number of rotatable bonds is 5. The number of hydrogen-bond acceptors (Lipinski definition) is 3. The molecule has 1 aromatic carbocycles. The summed E-state index contributed by atoms with van der Waals surface area (Å²) < 4.78 is 5.10. The highest BCUT2D eigenvalue weighted by atomic mass is 16.5. The van der Waals surface area contributed by atoms with Gasteiger partial charge in [-0.3, -0.25) is 4.79 Å². The highest BCUT2D eigenvalue weighted by Crippen LogP contribution is 2.31. The fourth-order valence-corrected chi connectivity index (χ4v) is 2.39. The lowest BCUT2D eigenvalue weighted by atomic mass is 10.0. The molecular weight excluding hydrogens is 278 g/mol. The molecule has 0 unspecified atom stereocenters. The summed E-state index contributed by atoms with van der Waals surface area (Å²) in [5, 5.41) is 0. The molecule has 0 fully saturated rings. The SMILES string of the molecule is C=CCN1C(=O)/C(=C/c2ccccc2)C(C(=O)OCC)=C1C. The van der Waals surface area contributed by atoms with Crippen LogP contribution in [-0.4, -0.2) is 29.9 Å². The first kappa shape index (κ1) is 15.8. The summed E-state index contributed by atoms with van der Waals surface area (Å²) in [6.07, 6.45) is 3.36. The number of nitrogens with zero attached hydrogens (tertiary/aromatic N) is 1. The number of benzene rings is 1. The zero-order valence-electron chi connectivity index (χ0n) is 12.8. The minimum atomic E-state index is -0.470. The molecule has 1 amide bonds. The van der Waals surface area contributed by atoms with Crippen molar-refractivity contribution in [3.63, 3.8) is 0 Å². The molecule has 22 heavy (non-hydrogen) atoms. The number of carbonyl (C=O) groups is 2. The van der Waals surface area contributed by atoms with Crippen LogP contribution < -0.4 is 0 Å². The van der Waals surface area contributed by atoms with E-state index in [2.05, 4.69) is 6.58 Å². The summed E-state index contributed by atoms with van der Waals surface area (Å²) in [4.78, 5) is 26.4. The van der Waals surface area contributed by atoms with Crippen LogP contribution in [-0.2, 0) is 14.3 Å². The van der Waals surface area contributed by atoms with E-state index in [9.17, 15) is 9.59 Å². The van der Waals surface area contributed by atoms with Gasteiger partial charge in [-0.05, 0) is 25.5 Å². The van der Waals surface area contributed by atoms with Crippen molar-refractivity contribution in [2.45, 2.75) is 13.8 Å². The fraction of sp³-hybridized carbons (Fsp3) is 0.222. The van der Waals surface area contributed by atoms with E-state index < -0.39 is 5.97 Å². The van der Waals surface area contributed by atoms with Crippen LogP contribution in [0.25, 0.3) is 6.08 Å². The Hall–Kier alpha value is -2.62. The Morgan fingerprint density at radius 2 is 2.00 bits per heavy atom. The standard InChI is InChI=1S/C18H19NO3/c1-4-11-19-13(3)16(18(21)22-5-2)15(17(19)20)12-14-9-7-6-8-10-14/h4,6-10,12H,1,5,11H2,2-3H3/b15-12+. The molecule has 2 rings (SSSR count). The van der Waals surface area contributed by atoms with Crippen molar-refractivity contribution in [1.29, 1.82) is 0 Å². The van der Waals surface area contributed by atoms with Gasteiger partial charge in [-0.2, -0.15) is 0 Å². The molecule has 0 saturated heterocycles. The third-order valence-electron chi connectivity index (χ3n) is 3.41. The van der Waals surface area contributed by atoms with Gasteiger partial charge in [0.15, 0.2) is 0 Å². The summed E-state index contributed by atoms with van der Waals surface area (Å²) in [6, 6.07) is 9.43. The third-order valence-corrected chi connectivity index (χ3v) is 3.41. The molecule has 0 atom stereocenters. The number of carbonyl (C=O) groups excluding carboxylic acids is 2. The molecule has 0 bridgehead atoms. The molecule has 0 radical (unpaired) electrons. The number of esters is 1. The van der Waals surface area contributed by atoms with E-state index in [4.69, 9.17) is 4.74 Å². The van der Waals surface area contributed by atoms with Crippen molar-refractivity contribution in [2.75, 3.05) is 13.2 Å². The number of ether oxygens (including phenoxy) is 1. The van der Waals surface area contributed by atoms with E-state index in [-0.39, 0.29) is 12.5 Å². The average Bonchev–Trinajstić information content (AvgIpc) is 2.73. The predicted molar refractivity (Wildman–Crippen MR) is 85.7 cm³/mol. The first-order valence-electron chi connectivity index (χ1n) is 7.18. The first-order valence-corrected chi connectivity index (χ1v) is 7.18. The van der Waals surface area contributed by atoms with Gasteiger partial charge in [0.1, 0.15) is 0 Å². The molecule has 4 heteroatoms. The topological polar surface area (TPSA) is 46.6 Å². The summed E-state index contributed by atoms with van der Waals surface area (Å²) in [7, 11) is 0. The molecule has 0 saturated carbocycles. The maximum Gasteiger partial charge on any atom is 0.340 e. The van der Waals surface area contributed by atoms with E-state index in [0.29, 0.717) is 23.4 Å². The summed E-state index contributed by atoms with van der Waals surface area (Å²) in [6.45, 7) is 7.78. The average molecular weight is 297 g/mol. The van der Waals surface area contributed by atoms with E-state index in [1.54, 1.807) is 26.0 Å². The van der Waals surface area contributed by atoms with Crippen molar-refractivity contribution in [2.24, 2.45) is 0 Å². The molecule has 0 aliphatic carbocycles. The number of allylic oxidation sites excluding steroid dienone is 1. The van der Waals surface area contributed by atoms with Gasteiger partial charge in [-0.1, -0.05) is 36.4 Å². The fourth-order valence-electron chi connectivity index (χ4n) is 2.39. The normalized spacial score (nSPS) is 16.4. The van der Waals surface area contributed by atoms with Crippen molar-refractivity contribution in [3.05, 3.63) is 65.4 Å². The van der Waals surface area contributed by atoms with Crippen LogP contribution in [0.4, 0.5) is 0 Å². The summed E-state index contributed by atoms with van der Waals surface area (Å²) >= 11 is 0. The Balaban J connectivity index is 2.50. The molecule has 1 aliphatic rings. The maximum atomic E-state index is 12.6. The minimum absolute atomic E-state index is 0.204. The van der Waals surface area contributed by atoms with E-state index in [1.165, 1.54) is 4.90 Å². The quantitative estimate of drug-likeness (QED) is 0.477. The van der Waals surface area contributed by atoms with Gasteiger partial charge in [0.2, 0.25) is 0 Å². The second kappa shape index (κ2) is 6.89. The molecule has 0 N–H and O–H groups in total. The van der Waals surface area contributed by atoms with Crippen LogP contribution >= 0.6 is 0 Å². The monoisotopic (exact) mass is 297 g/mol. The van der Waals surface area contributed by atoms with Crippen molar-refractivity contribution < 1.29 is 14.3 Å². The summed E-state index contributed by atoms with van der Waals surface area (Å²) in [5.41, 5.74) is 2.16. The largest absolute Gasteiger partial charge is 0.462 e. The Morgan fingerprint density at radius 1 is 1.32 bits per heavy atom. The maximum absolute atomic E-state index is 12.6. The van der Waals surface area contributed by atoms with Gasteiger partial charge in [0, 0.05) is 12.2 Å². The van der Waals surface area contributed by atoms with Crippen LogP contribution in [0, 0.1) is 0 Å². The highest BCUT2D eigenvalue weighted by Gasteiger charge is 2.36. The molecule has 0 spiro atoms.